The Morgan fingerprint density at radius 3 is 2.92 bits per heavy atom. The topological polar surface area (TPSA) is 94.2 Å². The summed E-state index contributed by atoms with van der Waals surface area (Å²) in [6, 6.07) is -0.461. The van der Waals surface area contributed by atoms with Crippen LogP contribution in [0.4, 0.5) is 0 Å². The molecular formula is C15H18ClN5O3. The molecule has 0 bridgehead atoms. The van der Waals surface area contributed by atoms with Crippen LogP contribution in [0.25, 0.3) is 0 Å². The lowest BCUT2D eigenvalue weighted by Crippen LogP contribution is -2.44. The molecule has 128 valence electrons. The first-order chi connectivity index (χ1) is 11.5. The van der Waals surface area contributed by atoms with Crippen molar-refractivity contribution in [3.8, 4) is 0 Å². The monoisotopic (exact) mass is 351 g/mol. The molecule has 1 aliphatic heterocycles. The summed E-state index contributed by atoms with van der Waals surface area (Å²) in [7, 11) is 0. The van der Waals surface area contributed by atoms with Gasteiger partial charge in [0.05, 0.1) is 24.4 Å². The average Bonchev–Trinajstić information content (AvgIpc) is 3.06. The summed E-state index contributed by atoms with van der Waals surface area (Å²) < 4.78 is 11.2. The molecule has 24 heavy (non-hydrogen) atoms. The van der Waals surface area contributed by atoms with Crippen LogP contribution >= 0.6 is 11.6 Å². The normalized spacial score (nSPS) is 18.2. The number of aromatic nitrogens is 4. The molecule has 0 radical (unpaired) electrons. The second-order valence-corrected chi connectivity index (χ2v) is 6.24. The molecule has 0 N–H and O–H groups in total. The van der Waals surface area contributed by atoms with Gasteiger partial charge in [0.15, 0.2) is 5.69 Å². The minimum atomic E-state index is -0.461. The Morgan fingerprint density at radius 2 is 2.21 bits per heavy atom. The van der Waals surface area contributed by atoms with Gasteiger partial charge in [0.25, 0.3) is 5.91 Å². The summed E-state index contributed by atoms with van der Waals surface area (Å²) in [6.45, 7) is 6.73. The number of hydrogen-bond acceptors (Lipinski definition) is 7. The molecule has 9 heteroatoms. The van der Waals surface area contributed by atoms with Crippen LogP contribution in [0.1, 0.15) is 53.9 Å². The van der Waals surface area contributed by atoms with Gasteiger partial charge < -0.3 is 14.1 Å². The quantitative estimate of drug-likeness (QED) is 0.836. The number of aryl methyl sites for hydroxylation is 1. The molecule has 0 spiro atoms. The van der Waals surface area contributed by atoms with Crippen molar-refractivity contribution in [2.24, 2.45) is 0 Å². The third-order valence-electron chi connectivity index (χ3n) is 3.69. The molecule has 0 aromatic carbocycles. The summed E-state index contributed by atoms with van der Waals surface area (Å²) in [6.07, 6.45) is 1.43. The summed E-state index contributed by atoms with van der Waals surface area (Å²) in [5, 5.41) is 8.31. The van der Waals surface area contributed by atoms with E-state index in [1.54, 1.807) is 11.8 Å². The first kappa shape index (κ1) is 16.8. The van der Waals surface area contributed by atoms with Crippen LogP contribution in [0.15, 0.2) is 10.6 Å². The van der Waals surface area contributed by atoms with Crippen molar-refractivity contribution in [2.45, 2.75) is 32.7 Å². The van der Waals surface area contributed by atoms with Crippen LogP contribution in [0.3, 0.4) is 0 Å². The second kappa shape index (κ2) is 6.82. The lowest BCUT2D eigenvalue weighted by molar-refractivity contribution is -0.0110. The number of hydrogen-bond donors (Lipinski definition) is 0. The molecule has 2 aromatic heterocycles. The highest BCUT2D eigenvalue weighted by Crippen LogP contribution is 2.27. The predicted octanol–water partition coefficient (Wildman–Crippen LogP) is 2.16. The summed E-state index contributed by atoms with van der Waals surface area (Å²) in [4.78, 5) is 22.7. The lowest BCUT2D eigenvalue weighted by atomic mass is 10.2. The zero-order valence-corrected chi connectivity index (χ0v) is 14.4. The Bertz CT molecular complexity index is 748. The van der Waals surface area contributed by atoms with Crippen LogP contribution in [-0.4, -0.2) is 50.7 Å². The first-order valence-corrected chi connectivity index (χ1v) is 8.06. The minimum absolute atomic E-state index is 0.110. The Hall–Kier alpha value is -2.06. The van der Waals surface area contributed by atoms with Crippen molar-refractivity contribution >= 4 is 17.5 Å². The van der Waals surface area contributed by atoms with E-state index in [0.29, 0.717) is 30.8 Å². The Labute approximate surface area is 144 Å². The first-order valence-electron chi connectivity index (χ1n) is 7.68. The van der Waals surface area contributed by atoms with E-state index < -0.39 is 6.04 Å². The van der Waals surface area contributed by atoms with E-state index in [9.17, 15) is 4.79 Å². The smallest absolute Gasteiger partial charge is 0.274 e. The van der Waals surface area contributed by atoms with Crippen molar-refractivity contribution in [2.75, 3.05) is 19.8 Å². The van der Waals surface area contributed by atoms with Gasteiger partial charge in [-0.1, -0.05) is 25.4 Å². The number of rotatable bonds is 3. The van der Waals surface area contributed by atoms with E-state index in [0.717, 1.165) is 0 Å². The number of ether oxygens (including phenoxy) is 1. The SMILES string of the molecule is Cc1ncc(Cl)c(C(=O)N2CCOC[C@H]2c2nnc(C(C)C)o2)n1. The van der Waals surface area contributed by atoms with Gasteiger partial charge >= 0.3 is 0 Å². The van der Waals surface area contributed by atoms with Gasteiger partial charge in [-0.25, -0.2) is 9.97 Å². The molecule has 3 heterocycles. The molecular weight excluding hydrogens is 334 g/mol. The fourth-order valence-electron chi connectivity index (χ4n) is 2.41. The van der Waals surface area contributed by atoms with Crippen LogP contribution < -0.4 is 0 Å². The number of nitrogens with zero attached hydrogens (tertiary/aromatic N) is 5. The van der Waals surface area contributed by atoms with Crippen molar-refractivity contribution < 1.29 is 13.9 Å². The fraction of sp³-hybridized carbons (Fsp3) is 0.533. The number of carbonyl (C=O) groups is 1. The molecule has 1 amide bonds. The third kappa shape index (κ3) is 3.25. The highest BCUT2D eigenvalue weighted by molar-refractivity contribution is 6.33. The Balaban J connectivity index is 1.91. The standard InChI is InChI=1S/C15H18ClN5O3/c1-8(2)13-19-20-14(24-13)11-7-23-5-4-21(11)15(22)12-10(16)6-17-9(3)18-12/h6,8,11H,4-5,7H2,1-3H3/t11-/m0/s1. The van der Waals surface area contributed by atoms with Gasteiger partial charge in [-0.15, -0.1) is 10.2 Å². The van der Waals surface area contributed by atoms with Crippen molar-refractivity contribution in [1.82, 2.24) is 25.1 Å². The van der Waals surface area contributed by atoms with E-state index in [1.807, 2.05) is 13.8 Å². The van der Waals surface area contributed by atoms with Crippen LogP contribution in [0.5, 0.6) is 0 Å². The van der Waals surface area contributed by atoms with Crippen molar-refractivity contribution in [3.05, 3.63) is 34.5 Å². The largest absolute Gasteiger partial charge is 0.423 e. The average molecular weight is 352 g/mol. The van der Waals surface area contributed by atoms with E-state index >= 15 is 0 Å². The Kier molecular flexibility index (Phi) is 4.77. The highest BCUT2D eigenvalue weighted by atomic mass is 35.5. The van der Waals surface area contributed by atoms with Crippen LogP contribution in [0.2, 0.25) is 5.02 Å². The predicted molar refractivity (Wildman–Crippen MR) is 84.8 cm³/mol. The third-order valence-corrected chi connectivity index (χ3v) is 3.97. The number of halogens is 1. The molecule has 1 atom stereocenters. The van der Waals surface area contributed by atoms with Crippen molar-refractivity contribution in [3.63, 3.8) is 0 Å². The van der Waals surface area contributed by atoms with E-state index in [2.05, 4.69) is 20.2 Å². The molecule has 1 fully saturated rings. The molecule has 1 aliphatic rings. The lowest BCUT2D eigenvalue weighted by Gasteiger charge is -2.33. The van der Waals surface area contributed by atoms with E-state index in [1.165, 1.54) is 6.20 Å². The Morgan fingerprint density at radius 1 is 1.42 bits per heavy atom. The number of amides is 1. The number of carbonyl (C=O) groups excluding carboxylic acids is 1. The van der Waals surface area contributed by atoms with Gasteiger partial charge in [0, 0.05) is 12.5 Å². The summed E-state index contributed by atoms with van der Waals surface area (Å²) >= 11 is 6.09. The zero-order valence-electron chi connectivity index (χ0n) is 13.7. The summed E-state index contributed by atoms with van der Waals surface area (Å²) in [5.41, 5.74) is 0.166. The van der Waals surface area contributed by atoms with Gasteiger partial charge in [-0.3, -0.25) is 4.79 Å². The molecule has 8 nitrogen and oxygen atoms in total. The van der Waals surface area contributed by atoms with Crippen LogP contribution in [-0.2, 0) is 4.74 Å². The minimum Gasteiger partial charge on any atom is -0.423 e. The molecule has 2 aromatic rings. The summed E-state index contributed by atoms with van der Waals surface area (Å²) in [5.74, 6) is 1.17. The van der Waals surface area contributed by atoms with Crippen molar-refractivity contribution in [1.29, 1.82) is 0 Å². The van der Waals surface area contributed by atoms with Gasteiger partial charge in [-0.2, -0.15) is 0 Å². The fourth-order valence-corrected chi connectivity index (χ4v) is 2.58. The highest BCUT2D eigenvalue weighted by Gasteiger charge is 2.35. The van der Waals surface area contributed by atoms with Crippen LogP contribution in [0, 0.1) is 6.92 Å². The molecule has 0 aliphatic carbocycles. The maximum atomic E-state index is 12.9. The second-order valence-electron chi connectivity index (χ2n) is 5.84. The zero-order chi connectivity index (χ0) is 17.3. The van der Waals surface area contributed by atoms with Gasteiger partial charge in [-0.05, 0) is 6.92 Å². The van der Waals surface area contributed by atoms with E-state index in [-0.39, 0.29) is 29.1 Å². The molecule has 0 saturated carbocycles. The number of morpholine rings is 1. The van der Waals surface area contributed by atoms with Gasteiger partial charge in [0.2, 0.25) is 11.8 Å². The van der Waals surface area contributed by atoms with Gasteiger partial charge in [0.1, 0.15) is 11.9 Å². The molecule has 0 unspecified atom stereocenters. The maximum absolute atomic E-state index is 12.9. The maximum Gasteiger partial charge on any atom is 0.274 e. The molecule has 3 rings (SSSR count). The molecule has 1 saturated heterocycles. The van der Waals surface area contributed by atoms with E-state index in [4.69, 9.17) is 20.8 Å².